The van der Waals surface area contributed by atoms with Crippen LogP contribution in [0.5, 0.6) is 0 Å². The Hall–Kier alpha value is -1.63. The van der Waals surface area contributed by atoms with Crippen LogP contribution < -0.4 is 0 Å². The number of rotatable bonds is 2. The van der Waals surface area contributed by atoms with Gasteiger partial charge < -0.3 is 4.84 Å². The summed E-state index contributed by atoms with van der Waals surface area (Å²) in [5, 5.41) is 3.19. The molecule has 0 radical (unpaired) electrons. The molecule has 0 fully saturated rings. The molecule has 0 saturated carbocycles. The summed E-state index contributed by atoms with van der Waals surface area (Å²) in [5.41, 5.74) is -1.46. The van der Waals surface area contributed by atoms with E-state index in [9.17, 15) is 17.2 Å². The number of benzene rings is 1. The fourth-order valence-corrected chi connectivity index (χ4v) is 3.15. The predicted molar refractivity (Wildman–Crippen MR) is 65.9 cm³/mol. The topological polar surface area (TPSA) is 55.7 Å². The van der Waals surface area contributed by atoms with Crippen LogP contribution in [0.15, 0.2) is 23.4 Å². The Balaban J connectivity index is 2.29. The standard InChI is InChI=1S/C12H12F2NO3S/c1-12(2)6-11(15-18-12)19(16,17)7-8-9(13)4-3-5-10(8)14/h3-5H,1,6-7H2,2H3/q+1. The zero-order chi connectivity index (χ0) is 14.3. The summed E-state index contributed by atoms with van der Waals surface area (Å²) in [6.07, 6.45) is -0.0224. The van der Waals surface area contributed by atoms with E-state index < -0.39 is 38.4 Å². The summed E-state index contributed by atoms with van der Waals surface area (Å²) >= 11 is 0. The van der Waals surface area contributed by atoms with Crippen molar-refractivity contribution in [2.75, 3.05) is 0 Å². The van der Waals surface area contributed by atoms with Crippen molar-refractivity contribution in [1.82, 2.24) is 0 Å². The molecule has 0 aliphatic carbocycles. The van der Waals surface area contributed by atoms with Gasteiger partial charge in [-0.15, -0.1) is 0 Å². The fourth-order valence-electron chi connectivity index (χ4n) is 1.66. The molecule has 0 bridgehead atoms. The van der Waals surface area contributed by atoms with Gasteiger partial charge in [-0.2, -0.15) is 0 Å². The monoisotopic (exact) mass is 288 g/mol. The van der Waals surface area contributed by atoms with E-state index in [2.05, 4.69) is 12.1 Å². The lowest BCUT2D eigenvalue weighted by Gasteiger charge is -2.07. The molecule has 7 heteroatoms. The lowest BCUT2D eigenvalue weighted by molar-refractivity contribution is 0.0339. The van der Waals surface area contributed by atoms with Crippen LogP contribution in [0.4, 0.5) is 8.78 Å². The fraction of sp³-hybridized carbons (Fsp3) is 0.333. The molecular formula is C12H12F2NO3S+. The summed E-state index contributed by atoms with van der Waals surface area (Å²) in [6, 6.07) is 3.18. The Morgan fingerprint density at radius 2 is 2.00 bits per heavy atom. The van der Waals surface area contributed by atoms with E-state index in [1.165, 1.54) is 6.07 Å². The van der Waals surface area contributed by atoms with Crippen molar-refractivity contribution in [3.05, 3.63) is 42.3 Å². The third kappa shape index (κ3) is 2.86. The normalized spacial score (nSPS) is 23.0. The van der Waals surface area contributed by atoms with E-state index in [1.807, 2.05) is 0 Å². The molecule has 0 amide bonds. The van der Waals surface area contributed by atoms with Crippen molar-refractivity contribution in [3.8, 4) is 0 Å². The summed E-state index contributed by atoms with van der Waals surface area (Å²) < 4.78 is 50.9. The first-order valence-corrected chi connectivity index (χ1v) is 7.12. The van der Waals surface area contributed by atoms with E-state index in [4.69, 9.17) is 4.84 Å². The number of oxime groups is 1. The summed E-state index contributed by atoms with van der Waals surface area (Å²) in [6.45, 7) is 5.20. The minimum Gasteiger partial charge on any atom is -0.342 e. The first kappa shape index (κ1) is 13.8. The first-order chi connectivity index (χ1) is 8.71. The van der Waals surface area contributed by atoms with Gasteiger partial charge in [-0.25, -0.2) is 17.2 Å². The third-order valence-electron chi connectivity index (χ3n) is 2.65. The Bertz CT molecular complexity index is 618. The van der Waals surface area contributed by atoms with Gasteiger partial charge in [0.15, 0.2) is 14.9 Å². The predicted octanol–water partition coefficient (Wildman–Crippen LogP) is 2.21. The average Bonchev–Trinajstić information content (AvgIpc) is 2.65. The molecule has 0 spiro atoms. The van der Waals surface area contributed by atoms with Crippen LogP contribution >= 0.6 is 0 Å². The highest BCUT2D eigenvalue weighted by Gasteiger charge is 2.41. The lowest BCUT2D eigenvalue weighted by atomic mass is 10.1. The van der Waals surface area contributed by atoms with Gasteiger partial charge in [0.2, 0.25) is 0 Å². The second-order valence-electron chi connectivity index (χ2n) is 4.66. The van der Waals surface area contributed by atoms with E-state index in [1.54, 1.807) is 6.92 Å². The molecule has 1 aliphatic rings. The third-order valence-corrected chi connectivity index (χ3v) is 4.25. The van der Waals surface area contributed by atoms with Crippen LogP contribution in [0.25, 0.3) is 0 Å². The van der Waals surface area contributed by atoms with E-state index in [0.29, 0.717) is 0 Å². The maximum absolute atomic E-state index is 13.4. The van der Waals surface area contributed by atoms with Crippen LogP contribution in [0, 0.1) is 18.6 Å². The zero-order valence-corrected chi connectivity index (χ0v) is 11.0. The van der Waals surface area contributed by atoms with Gasteiger partial charge in [-0.1, -0.05) is 11.2 Å². The van der Waals surface area contributed by atoms with Crippen molar-refractivity contribution in [3.63, 3.8) is 0 Å². The Morgan fingerprint density at radius 1 is 1.42 bits per heavy atom. The van der Waals surface area contributed by atoms with Gasteiger partial charge in [-0.05, 0) is 12.1 Å². The van der Waals surface area contributed by atoms with Gasteiger partial charge in [0, 0.05) is 12.5 Å². The molecule has 102 valence electrons. The highest BCUT2D eigenvalue weighted by molar-refractivity contribution is 8.05. The molecular weight excluding hydrogens is 276 g/mol. The second kappa shape index (κ2) is 4.48. The molecule has 1 atom stereocenters. The second-order valence-corrected chi connectivity index (χ2v) is 6.65. The highest BCUT2D eigenvalue weighted by Crippen LogP contribution is 2.26. The van der Waals surface area contributed by atoms with Gasteiger partial charge in [0.05, 0.1) is 12.2 Å². The zero-order valence-electron chi connectivity index (χ0n) is 10.2. The molecule has 1 heterocycles. The summed E-state index contributed by atoms with van der Waals surface area (Å²) in [4.78, 5) is 4.85. The van der Waals surface area contributed by atoms with Gasteiger partial charge in [0.1, 0.15) is 18.6 Å². The van der Waals surface area contributed by atoms with E-state index in [-0.39, 0.29) is 11.5 Å². The van der Waals surface area contributed by atoms with Crippen molar-refractivity contribution in [2.45, 2.75) is 24.7 Å². The number of halogens is 2. The van der Waals surface area contributed by atoms with Crippen molar-refractivity contribution < 1.29 is 22.0 Å². The smallest absolute Gasteiger partial charge is 0.270 e. The molecule has 19 heavy (non-hydrogen) atoms. The molecule has 2 rings (SSSR count). The molecule has 1 aromatic carbocycles. The van der Waals surface area contributed by atoms with Crippen molar-refractivity contribution in [1.29, 1.82) is 0 Å². The van der Waals surface area contributed by atoms with Crippen molar-refractivity contribution >= 4 is 14.9 Å². The average molecular weight is 288 g/mol. The van der Waals surface area contributed by atoms with Crippen LogP contribution in [0.1, 0.15) is 18.9 Å². The minimum atomic E-state index is -3.92. The lowest BCUT2D eigenvalue weighted by Crippen LogP contribution is -2.24. The Kier molecular flexibility index (Phi) is 3.25. The summed E-state index contributed by atoms with van der Waals surface area (Å²) in [5.74, 6) is -2.59. The molecule has 1 aromatic rings. The minimum absolute atomic E-state index is 0.0224. The van der Waals surface area contributed by atoms with Gasteiger partial charge in [-0.3, -0.25) is 0 Å². The molecule has 1 aliphatic heterocycles. The Labute approximate surface area is 110 Å². The van der Waals surface area contributed by atoms with Crippen LogP contribution in [0.3, 0.4) is 0 Å². The summed E-state index contributed by atoms with van der Waals surface area (Å²) in [7, 11) is -3.92. The van der Waals surface area contributed by atoms with Crippen LogP contribution in [0.2, 0.25) is 0 Å². The number of hydrogen-bond acceptors (Lipinski definition) is 4. The maximum atomic E-state index is 13.4. The van der Waals surface area contributed by atoms with Gasteiger partial charge >= 0.3 is 0 Å². The SMILES string of the molecule is [CH2+]C1(C)CC(S(=O)(=O)Cc2c(F)cccc2F)=NO1. The van der Waals surface area contributed by atoms with Crippen LogP contribution in [-0.4, -0.2) is 19.1 Å². The van der Waals surface area contributed by atoms with E-state index in [0.717, 1.165) is 12.1 Å². The molecule has 0 saturated heterocycles. The first-order valence-electron chi connectivity index (χ1n) is 5.47. The number of hydrogen-bond donors (Lipinski definition) is 0. The van der Waals surface area contributed by atoms with E-state index >= 15 is 0 Å². The van der Waals surface area contributed by atoms with Crippen LogP contribution in [-0.2, 0) is 20.4 Å². The molecule has 1 unspecified atom stereocenters. The number of sulfone groups is 1. The maximum Gasteiger partial charge on any atom is 0.270 e. The quantitative estimate of drug-likeness (QED) is 0.784. The van der Waals surface area contributed by atoms with Gasteiger partial charge in [0.25, 0.3) is 5.60 Å². The molecule has 0 N–H and O–H groups in total. The molecule has 0 aromatic heterocycles. The van der Waals surface area contributed by atoms with Crippen molar-refractivity contribution in [2.24, 2.45) is 5.16 Å². The molecule has 4 nitrogen and oxygen atoms in total. The number of nitrogens with zero attached hydrogens (tertiary/aromatic N) is 1. The Morgan fingerprint density at radius 3 is 2.47 bits per heavy atom. The largest absolute Gasteiger partial charge is 0.342 e. The highest BCUT2D eigenvalue weighted by atomic mass is 32.2.